The molecule has 0 amide bonds. The minimum atomic E-state index is 0.256. The standard InChI is InChI=1S/C14H30N2O/c1-4-8-16-9-6-7-13(10-16)12(3)15-14(5-2)11-17/h12-15,17H,4-11H2,1-3H3. The van der Waals surface area contributed by atoms with Crippen LogP contribution in [0.5, 0.6) is 0 Å². The number of likely N-dealkylation sites (tertiary alicyclic amines) is 1. The number of aliphatic hydroxyl groups is 1. The maximum absolute atomic E-state index is 9.24. The van der Waals surface area contributed by atoms with Crippen LogP contribution in [0.15, 0.2) is 0 Å². The number of rotatable bonds is 7. The fourth-order valence-corrected chi connectivity index (χ4v) is 2.83. The van der Waals surface area contributed by atoms with E-state index in [1.165, 1.54) is 38.9 Å². The van der Waals surface area contributed by atoms with E-state index in [0.29, 0.717) is 6.04 Å². The van der Waals surface area contributed by atoms with Gasteiger partial charge in [0.2, 0.25) is 0 Å². The van der Waals surface area contributed by atoms with Gasteiger partial charge in [0.05, 0.1) is 6.61 Å². The van der Waals surface area contributed by atoms with E-state index in [1.807, 2.05) is 0 Å². The quantitative estimate of drug-likeness (QED) is 0.715. The first-order valence-electron chi connectivity index (χ1n) is 7.30. The Bertz CT molecular complexity index is 193. The normalized spacial score (nSPS) is 25.8. The number of aliphatic hydroxyl groups excluding tert-OH is 1. The molecule has 0 aromatic heterocycles. The van der Waals surface area contributed by atoms with Crippen LogP contribution >= 0.6 is 0 Å². The Balaban J connectivity index is 2.37. The first-order chi connectivity index (χ1) is 8.21. The maximum atomic E-state index is 9.24. The van der Waals surface area contributed by atoms with Crippen LogP contribution in [-0.2, 0) is 0 Å². The summed E-state index contributed by atoms with van der Waals surface area (Å²) in [5, 5.41) is 12.8. The molecule has 3 heteroatoms. The molecule has 0 radical (unpaired) electrons. The second-order valence-corrected chi connectivity index (χ2v) is 5.45. The molecule has 3 unspecified atom stereocenters. The van der Waals surface area contributed by atoms with Gasteiger partial charge in [0.1, 0.15) is 0 Å². The van der Waals surface area contributed by atoms with Crippen LogP contribution in [0.2, 0.25) is 0 Å². The summed E-state index contributed by atoms with van der Waals surface area (Å²) >= 11 is 0. The van der Waals surface area contributed by atoms with Crippen molar-refractivity contribution in [2.45, 2.75) is 58.5 Å². The summed E-state index contributed by atoms with van der Waals surface area (Å²) in [7, 11) is 0. The predicted octanol–water partition coefficient (Wildman–Crippen LogP) is 1.86. The first-order valence-corrected chi connectivity index (χ1v) is 7.30. The number of hydrogen-bond donors (Lipinski definition) is 2. The lowest BCUT2D eigenvalue weighted by Crippen LogP contribution is -2.48. The van der Waals surface area contributed by atoms with Gasteiger partial charge in [-0.1, -0.05) is 13.8 Å². The monoisotopic (exact) mass is 242 g/mol. The molecule has 0 aromatic rings. The molecule has 1 aliphatic rings. The van der Waals surface area contributed by atoms with E-state index in [0.717, 1.165) is 12.3 Å². The van der Waals surface area contributed by atoms with Crippen LogP contribution in [0.1, 0.15) is 46.5 Å². The topological polar surface area (TPSA) is 35.5 Å². The van der Waals surface area contributed by atoms with E-state index >= 15 is 0 Å². The summed E-state index contributed by atoms with van der Waals surface area (Å²) in [5.74, 6) is 0.746. The largest absolute Gasteiger partial charge is 0.395 e. The third-order valence-corrected chi connectivity index (χ3v) is 4.00. The average Bonchev–Trinajstić information content (AvgIpc) is 2.36. The third kappa shape index (κ3) is 4.94. The molecule has 0 aromatic carbocycles. The van der Waals surface area contributed by atoms with E-state index in [9.17, 15) is 5.11 Å². The molecule has 17 heavy (non-hydrogen) atoms. The van der Waals surface area contributed by atoms with Gasteiger partial charge >= 0.3 is 0 Å². The third-order valence-electron chi connectivity index (χ3n) is 4.00. The minimum absolute atomic E-state index is 0.256. The molecule has 3 atom stereocenters. The van der Waals surface area contributed by atoms with Crippen molar-refractivity contribution in [2.75, 3.05) is 26.2 Å². The van der Waals surface area contributed by atoms with Crippen LogP contribution in [-0.4, -0.2) is 48.3 Å². The van der Waals surface area contributed by atoms with Crippen molar-refractivity contribution in [2.24, 2.45) is 5.92 Å². The van der Waals surface area contributed by atoms with E-state index in [-0.39, 0.29) is 12.6 Å². The maximum Gasteiger partial charge on any atom is 0.0584 e. The molecular formula is C14H30N2O. The predicted molar refractivity (Wildman–Crippen MR) is 73.2 cm³/mol. The van der Waals surface area contributed by atoms with Gasteiger partial charge in [-0.05, 0) is 51.6 Å². The highest BCUT2D eigenvalue weighted by molar-refractivity contribution is 4.82. The van der Waals surface area contributed by atoms with Crippen molar-refractivity contribution in [1.82, 2.24) is 10.2 Å². The summed E-state index contributed by atoms with van der Waals surface area (Å²) in [4.78, 5) is 2.59. The number of piperidine rings is 1. The van der Waals surface area contributed by atoms with Gasteiger partial charge in [-0.15, -0.1) is 0 Å². The van der Waals surface area contributed by atoms with Gasteiger partial charge in [-0.3, -0.25) is 0 Å². The van der Waals surface area contributed by atoms with Crippen molar-refractivity contribution in [3.8, 4) is 0 Å². The molecule has 0 bridgehead atoms. The van der Waals surface area contributed by atoms with Crippen LogP contribution in [0, 0.1) is 5.92 Å². The zero-order valence-electron chi connectivity index (χ0n) is 11.8. The average molecular weight is 242 g/mol. The molecule has 1 aliphatic heterocycles. The molecule has 0 spiro atoms. The zero-order valence-corrected chi connectivity index (χ0v) is 11.8. The van der Waals surface area contributed by atoms with Crippen molar-refractivity contribution < 1.29 is 5.11 Å². The molecule has 1 fully saturated rings. The molecular weight excluding hydrogens is 212 g/mol. The summed E-state index contributed by atoms with van der Waals surface area (Å²) in [5.41, 5.74) is 0. The number of hydrogen-bond acceptors (Lipinski definition) is 3. The van der Waals surface area contributed by atoms with Crippen LogP contribution in [0.4, 0.5) is 0 Å². The Labute approximate surface area is 107 Å². The van der Waals surface area contributed by atoms with E-state index in [1.54, 1.807) is 0 Å². The fourth-order valence-electron chi connectivity index (χ4n) is 2.83. The van der Waals surface area contributed by atoms with Crippen LogP contribution in [0.3, 0.4) is 0 Å². The smallest absolute Gasteiger partial charge is 0.0584 e. The molecule has 0 aliphatic carbocycles. The molecule has 3 nitrogen and oxygen atoms in total. The van der Waals surface area contributed by atoms with Gasteiger partial charge < -0.3 is 15.3 Å². The lowest BCUT2D eigenvalue weighted by atomic mass is 9.91. The second kappa shape index (κ2) is 8.06. The Morgan fingerprint density at radius 2 is 2.18 bits per heavy atom. The molecule has 1 heterocycles. The second-order valence-electron chi connectivity index (χ2n) is 5.45. The number of nitrogens with one attached hydrogen (secondary N) is 1. The van der Waals surface area contributed by atoms with Gasteiger partial charge in [-0.25, -0.2) is 0 Å². The molecule has 102 valence electrons. The summed E-state index contributed by atoms with van der Waals surface area (Å²) in [6, 6.07) is 0.790. The molecule has 2 N–H and O–H groups in total. The first kappa shape index (κ1) is 14.9. The fraction of sp³-hybridized carbons (Fsp3) is 1.00. The highest BCUT2D eigenvalue weighted by Crippen LogP contribution is 2.20. The van der Waals surface area contributed by atoms with Crippen molar-refractivity contribution in [3.63, 3.8) is 0 Å². The van der Waals surface area contributed by atoms with Gasteiger partial charge in [0.25, 0.3) is 0 Å². The summed E-state index contributed by atoms with van der Waals surface area (Å²) in [6.07, 6.45) is 4.91. The SMILES string of the molecule is CCCN1CCCC(C(C)NC(CC)CO)C1. The molecule has 1 saturated heterocycles. The Hall–Kier alpha value is -0.120. The van der Waals surface area contributed by atoms with Crippen molar-refractivity contribution in [3.05, 3.63) is 0 Å². The highest BCUT2D eigenvalue weighted by Gasteiger charge is 2.25. The molecule has 0 saturated carbocycles. The highest BCUT2D eigenvalue weighted by atomic mass is 16.3. The van der Waals surface area contributed by atoms with Crippen molar-refractivity contribution in [1.29, 1.82) is 0 Å². The van der Waals surface area contributed by atoms with Gasteiger partial charge in [0.15, 0.2) is 0 Å². The molecule has 1 rings (SSSR count). The van der Waals surface area contributed by atoms with E-state index in [2.05, 4.69) is 31.0 Å². The lowest BCUT2D eigenvalue weighted by Gasteiger charge is -2.37. The Kier molecular flexibility index (Phi) is 7.09. The van der Waals surface area contributed by atoms with Crippen LogP contribution < -0.4 is 5.32 Å². The van der Waals surface area contributed by atoms with E-state index < -0.39 is 0 Å². The summed E-state index contributed by atoms with van der Waals surface area (Å²) < 4.78 is 0. The Morgan fingerprint density at radius 1 is 1.41 bits per heavy atom. The van der Waals surface area contributed by atoms with Crippen molar-refractivity contribution >= 4 is 0 Å². The van der Waals surface area contributed by atoms with Gasteiger partial charge in [-0.2, -0.15) is 0 Å². The van der Waals surface area contributed by atoms with Crippen LogP contribution in [0.25, 0.3) is 0 Å². The van der Waals surface area contributed by atoms with E-state index in [4.69, 9.17) is 0 Å². The zero-order chi connectivity index (χ0) is 12.7. The minimum Gasteiger partial charge on any atom is -0.395 e. The van der Waals surface area contributed by atoms with Gasteiger partial charge in [0, 0.05) is 18.6 Å². The Morgan fingerprint density at radius 3 is 2.76 bits per heavy atom. The number of nitrogens with zero attached hydrogens (tertiary/aromatic N) is 1. The lowest BCUT2D eigenvalue weighted by molar-refractivity contribution is 0.137. The summed E-state index contributed by atoms with van der Waals surface area (Å²) in [6.45, 7) is 10.7.